The van der Waals surface area contributed by atoms with Crippen LogP contribution < -0.4 is 10.8 Å². The lowest BCUT2D eigenvalue weighted by Crippen LogP contribution is -2.41. The Morgan fingerprint density at radius 3 is 2.95 bits per heavy atom. The predicted molar refractivity (Wildman–Crippen MR) is 73.7 cm³/mol. The molecule has 0 bridgehead atoms. The summed E-state index contributed by atoms with van der Waals surface area (Å²) >= 11 is 1.38. The average molecular weight is 295 g/mol. The van der Waals surface area contributed by atoms with E-state index in [1.54, 1.807) is 11.5 Å². The van der Waals surface area contributed by atoms with Crippen molar-refractivity contribution in [3.8, 4) is 0 Å². The molecular weight excluding hydrogens is 278 g/mol. The molecule has 1 aromatic heterocycles. The van der Waals surface area contributed by atoms with Crippen molar-refractivity contribution in [2.45, 2.75) is 31.8 Å². The fourth-order valence-electron chi connectivity index (χ4n) is 2.34. The molecule has 0 spiro atoms. The number of nitrogens with one attached hydrogen (secondary N) is 2. The minimum atomic E-state index is -0.488. The largest absolute Gasteiger partial charge is 0.337 e. The van der Waals surface area contributed by atoms with Gasteiger partial charge in [0.25, 0.3) is 5.91 Å². The molecule has 2 amide bonds. The van der Waals surface area contributed by atoms with Crippen LogP contribution in [-0.4, -0.2) is 41.1 Å². The zero-order valence-electron chi connectivity index (χ0n) is 11.0. The smallest absolute Gasteiger partial charge is 0.284 e. The number of thiophene rings is 1. The van der Waals surface area contributed by atoms with Gasteiger partial charge in [0, 0.05) is 24.0 Å². The molecule has 0 aromatic carbocycles. The summed E-state index contributed by atoms with van der Waals surface area (Å²) < 4.78 is 0. The number of hydrogen-bond acceptors (Lipinski definition) is 5. The summed E-state index contributed by atoms with van der Waals surface area (Å²) in [6.07, 6.45) is 3.11. The molecule has 108 valence electrons. The van der Waals surface area contributed by atoms with E-state index in [1.807, 2.05) is 4.90 Å². The predicted octanol–water partition coefficient (Wildman–Crippen LogP) is 0.504. The number of carbonyl (C=O) groups excluding carboxylic acids is 2. The molecule has 6 nitrogen and oxygen atoms in total. The van der Waals surface area contributed by atoms with Crippen molar-refractivity contribution in [2.75, 3.05) is 13.1 Å². The summed E-state index contributed by atoms with van der Waals surface area (Å²) in [4.78, 5) is 26.9. The molecule has 2 heterocycles. The van der Waals surface area contributed by atoms with Crippen molar-refractivity contribution in [3.05, 3.63) is 21.4 Å². The van der Waals surface area contributed by atoms with Gasteiger partial charge in [-0.1, -0.05) is 0 Å². The second-order valence-electron chi connectivity index (χ2n) is 5.22. The Kier molecular flexibility index (Phi) is 3.73. The molecule has 1 aromatic rings. The lowest BCUT2D eigenvalue weighted by molar-refractivity contribution is -0.131. The number of hydroxylamine groups is 1. The number of carbonyl (C=O) groups is 2. The van der Waals surface area contributed by atoms with Gasteiger partial charge in [-0.15, -0.1) is 11.3 Å². The standard InChI is InChI=1S/C13H17N3O3S/c17-12(6-14-9-1-2-9)16-4-3-10-8(7-16)5-11(20-10)13(18)15-19/h5,9,14,19H,1-4,6-7H2,(H,15,18). The maximum atomic E-state index is 12.1. The van der Waals surface area contributed by atoms with E-state index in [1.165, 1.54) is 24.2 Å². The lowest BCUT2D eigenvalue weighted by atomic mass is 10.1. The maximum Gasteiger partial charge on any atom is 0.284 e. The first kappa shape index (κ1) is 13.5. The zero-order valence-corrected chi connectivity index (χ0v) is 11.8. The highest BCUT2D eigenvalue weighted by atomic mass is 32.1. The van der Waals surface area contributed by atoms with Crippen molar-refractivity contribution in [1.82, 2.24) is 15.7 Å². The van der Waals surface area contributed by atoms with Gasteiger partial charge in [-0.05, 0) is 30.9 Å². The Bertz CT molecular complexity index is 539. The topological polar surface area (TPSA) is 81.7 Å². The molecule has 2 aliphatic rings. The molecule has 0 atom stereocenters. The molecule has 0 saturated heterocycles. The Hall–Kier alpha value is -1.44. The van der Waals surface area contributed by atoms with Crippen LogP contribution in [0, 0.1) is 0 Å². The quantitative estimate of drug-likeness (QED) is 0.558. The lowest BCUT2D eigenvalue weighted by Gasteiger charge is -2.27. The molecule has 3 N–H and O–H groups in total. The number of fused-ring (bicyclic) bond motifs is 1. The van der Waals surface area contributed by atoms with Crippen LogP contribution in [0.15, 0.2) is 6.07 Å². The highest BCUT2D eigenvalue weighted by molar-refractivity contribution is 7.14. The second-order valence-corrected chi connectivity index (χ2v) is 6.36. The third kappa shape index (κ3) is 2.84. The summed E-state index contributed by atoms with van der Waals surface area (Å²) in [5, 5.41) is 11.9. The Balaban J connectivity index is 1.63. The number of rotatable bonds is 4. The van der Waals surface area contributed by atoms with Gasteiger partial charge in [-0.3, -0.25) is 14.8 Å². The van der Waals surface area contributed by atoms with Gasteiger partial charge in [0.1, 0.15) is 0 Å². The monoisotopic (exact) mass is 295 g/mol. The summed E-state index contributed by atoms with van der Waals surface area (Å²) in [5.74, 6) is -0.375. The van der Waals surface area contributed by atoms with E-state index < -0.39 is 5.91 Å². The second kappa shape index (κ2) is 5.51. The van der Waals surface area contributed by atoms with Crippen LogP contribution in [0.3, 0.4) is 0 Å². The summed E-state index contributed by atoms with van der Waals surface area (Å²) in [6.45, 7) is 1.64. The zero-order chi connectivity index (χ0) is 14.1. The third-order valence-corrected chi connectivity index (χ3v) is 4.90. The van der Waals surface area contributed by atoms with E-state index in [9.17, 15) is 9.59 Å². The van der Waals surface area contributed by atoms with Gasteiger partial charge in [0.2, 0.25) is 5.91 Å². The van der Waals surface area contributed by atoms with Gasteiger partial charge in [0.05, 0.1) is 11.4 Å². The summed E-state index contributed by atoms with van der Waals surface area (Å²) in [7, 11) is 0. The maximum absolute atomic E-state index is 12.1. The molecule has 1 fully saturated rings. The molecule has 3 rings (SSSR count). The van der Waals surface area contributed by atoms with Crippen LogP contribution >= 0.6 is 11.3 Å². The van der Waals surface area contributed by atoms with E-state index in [0.29, 0.717) is 30.6 Å². The molecular formula is C13H17N3O3S. The van der Waals surface area contributed by atoms with Crippen molar-refractivity contribution >= 4 is 23.2 Å². The summed E-state index contributed by atoms with van der Waals surface area (Å²) in [5.41, 5.74) is 2.66. The summed E-state index contributed by atoms with van der Waals surface area (Å²) in [6, 6.07) is 2.29. The van der Waals surface area contributed by atoms with Crippen LogP contribution in [0.5, 0.6) is 0 Å². The van der Waals surface area contributed by atoms with Crippen molar-refractivity contribution in [3.63, 3.8) is 0 Å². The van der Waals surface area contributed by atoms with E-state index >= 15 is 0 Å². The van der Waals surface area contributed by atoms with E-state index in [-0.39, 0.29) is 5.91 Å². The van der Waals surface area contributed by atoms with Crippen molar-refractivity contribution in [1.29, 1.82) is 0 Å². The fourth-order valence-corrected chi connectivity index (χ4v) is 3.40. The molecule has 0 unspecified atom stereocenters. The molecule has 1 aliphatic heterocycles. The molecule has 0 radical (unpaired) electrons. The van der Waals surface area contributed by atoms with Crippen LogP contribution in [0.25, 0.3) is 0 Å². The SMILES string of the molecule is O=C(NO)c1cc2c(s1)CCN(C(=O)CNC1CC1)C2. The normalized spacial score (nSPS) is 17.8. The van der Waals surface area contributed by atoms with E-state index in [0.717, 1.165) is 16.9 Å². The molecule has 1 aliphatic carbocycles. The molecule has 1 saturated carbocycles. The molecule has 7 heteroatoms. The van der Waals surface area contributed by atoms with Gasteiger partial charge in [0.15, 0.2) is 0 Å². The highest BCUT2D eigenvalue weighted by Crippen LogP contribution is 2.28. The highest BCUT2D eigenvalue weighted by Gasteiger charge is 2.26. The number of amides is 2. The van der Waals surface area contributed by atoms with Crippen molar-refractivity contribution in [2.24, 2.45) is 0 Å². The minimum Gasteiger partial charge on any atom is -0.337 e. The van der Waals surface area contributed by atoms with Crippen LogP contribution in [0.4, 0.5) is 0 Å². The Morgan fingerprint density at radius 2 is 2.25 bits per heavy atom. The fraction of sp³-hybridized carbons (Fsp3) is 0.538. The van der Waals surface area contributed by atoms with Gasteiger partial charge in [-0.25, -0.2) is 5.48 Å². The molecule has 20 heavy (non-hydrogen) atoms. The Morgan fingerprint density at radius 1 is 1.45 bits per heavy atom. The third-order valence-electron chi connectivity index (χ3n) is 3.66. The first-order chi connectivity index (χ1) is 9.67. The van der Waals surface area contributed by atoms with Gasteiger partial charge in [-0.2, -0.15) is 0 Å². The Labute approximate surface area is 120 Å². The van der Waals surface area contributed by atoms with Crippen LogP contribution in [0.2, 0.25) is 0 Å². The van der Waals surface area contributed by atoms with Gasteiger partial charge >= 0.3 is 0 Å². The van der Waals surface area contributed by atoms with Crippen LogP contribution in [-0.2, 0) is 17.8 Å². The van der Waals surface area contributed by atoms with Crippen molar-refractivity contribution < 1.29 is 14.8 Å². The van der Waals surface area contributed by atoms with E-state index in [4.69, 9.17) is 5.21 Å². The first-order valence-electron chi connectivity index (χ1n) is 6.74. The first-order valence-corrected chi connectivity index (χ1v) is 7.56. The minimum absolute atomic E-state index is 0.113. The van der Waals surface area contributed by atoms with E-state index in [2.05, 4.69) is 5.32 Å². The number of hydrogen-bond donors (Lipinski definition) is 3. The average Bonchev–Trinajstić information content (AvgIpc) is 3.20. The van der Waals surface area contributed by atoms with Gasteiger partial charge < -0.3 is 10.2 Å². The number of nitrogens with zero attached hydrogens (tertiary/aromatic N) is 1. The van der Waals surface area contributed by atoms with Crippen LogP contribution in [0.1, 0.15) is 33.0 Å².